The summed E-state index contributed by atoms with van der Waals surface area (Å²) in [5.74, 6) is 0.599. The highest BCUT2D eigenvalue weighted by Crippen LogP contribution is 2.41. The predicted molar refractivity (Wildman–Crippen MR) is 166 cm³/mol. The third-order valence-electron chi connectivity index (χ3n) is 7.18. The normalized spacial score (nSPS) is 18.2. The van der Waals surface area contributed by atoms with Crippen molar-refractivity contribution < 1.29 is 18.3 Å². The average molecular weight is 623 g/mol. The molecule has 1 aliphatic heterocycles. The van der Waals surface area contributed by atoms with E-state index in [9.17, 15) is 18.3 Å². The van der Waals surface area contributed by atoms with Gasteiger partial charge in [0.25, 0.3) is 0 Å². The first-order valence-electron chi connectivity index (χ1n) is 13.2. The third-order valence-corrected chi connectivity index (χ3v) is 7.78. The van der Waals surface area contributed by atoms with Crippen molar-refractivity contribution in [1.29, 1.82) is 5.41 Å². The number of nitrogens with zero attached hydrogens (tertiary/aromatic N) is 1. The molecule has 0 unspecified atom stereocenters. The van der Waals surface area contributed by atoms with Crippen molar-refractivity contribution in [3.8, 4) is 5.75 Å². The minimum atomic E-state index is -3.37. The average Bonchev–Trinajstić information content (AvgIpc) is 3.06. The lowest BCUT2D eigenvalue weighted by Crippen LogP contribution is -2.32. The number of hydrogen-bond acceptors (Lipinski definition) is 5. The van der Waals surface area contributed by atoms with Crippen molar-refractivity contribution in [2.24, 2.45) is 5.92 Å². The summed E-state index contributed by atoms with van der Waals surface area (Å²) in [5.41, 5.74) is 2.79. The maximum atomic E-state index is 13.6. The van der Waals surface area contributed by atoms with E-state index in [4.69, 9.17) is 5.41 Å². The summed E-state index contributed by atoms with van der Waals surface area (Å²) >= 11 is 0. The molecule has 7 nitrogen and oxygen atoms in total. The lowest BCUT2D eigenvalue weighted by molar-refractivity contribution is 0.0963. The maximum absolute atomic E-state index is 13.6. The molecule has 1 heterocycles. The number of Topliss-reactive ketones (excluding diaryl/α,β-unsaturated/α-hetero) is 1. The van der Waals surface area contributed by atoms with Crippen LogP contribution in [0.1, 0.15) is 94.3 Å². The molecule has 3 rings (SSSR count). The Balaban J connectivity index is 0.00000533. The van der Waals surface area contributed by atoms with E-state index in [2.05, 4.69) is 11.6 Å². The second-order valence-corrected chi connectivity index (χ2v) is 14.4. The fraction of sp³-hybridized carbons (Fsp3) is 0.533. The summed E-state index contributed by atoms with van der Waals surface area (Å²) in [7, 11) is -3.37. The predicted octanol–water partition coefficient (Wildman–Crippen LogP) is 6.61. The molecule has 0 radical (unpaired) electrons. The summed E-state index contributed by atoms with van der Waals surface area (Å²) in [6.07, 6.45) is 3.00. The van der Waals surface area contributed by atoms with E-state index in [1.54, 1.807) is 24.3 Å². The molecule has 1 aliphatic rings. The molecular formula is C30H44BrN3O4S. The van der Waals surface area contributed by atoms with Gasteiger partial charge in [0.1, 0.15) is 11.6 Å². The van der Waals surface area contributed by atoms with Gasteiger partial charge in [-0.2, -0.15) is 0 Å². The highest BCUT2D eigenvalue weighted by atomic mass is 79.9. The zero-order valence-electron chi connectivity index (χ0n) is 24.4. The molecular weight excluding hydrogens is 578 g/mol. The van der Waals surface area contributed by atoms with Crippen molar-refractivity contribution in [2.45, 2.75) is 78.1 Å². The smallest absolute Gasteiger partial charge is 0.229 e. The van der Waals surface area contributed by atoms with Gasteiger partial charge in [-0.05, 0) is 53.0 Å². The Morgan fingerprint density at radius 3 is 2.00 bits per heavy atom. The lowest BCUT2D eigenvalue weighted by atomic mass is 9.78. The molecule has 0 bridgehead atoms. The zero-order chi connectivity index (χ0) is 28.6. The number of likely N-dealkylation sites (tertiary alicyclic amines) is 1. The number of aromatic hydroxyl groups is 1. The highest BCUT2D eigenvalue weighted by Gasteiger charge is 2.39. The van der Waals surface area contributed by atoms with Gasteiger partial charge in [0, 0.05) is 34.8 Å². The molecule has 2 aromatic rings. The highest BCUT2D eigenvalue weighted by molar-refractivity contribution is 8.93. The first-order valence-corrected chi connectivity index (χ1v) is 15.1. The fourth-order valence-electron chi connectivity index (χ4n) is 5.29. The van der Waals surface area contributed by atoms with Gasteiger partial charge in [-0.3, -0.25) is 14.9 Å². The minimum Gasteiger partial charge on any atom is -0.507 e. The van der Waals surface area contributed by atoms with Gasteiger partial charge in [0.15, 0.2) is 5.78 Å². The molecule has 0 spiro atoms. The van der Waals surface area contributed by atoms with Crippen molar-refractivity contribution in [3.63, 3.8) is 0 Å². The van der Waals surface area contributed by atoms with Gasteiger partial charge < -0.3 is 10.0 Å². The number of hydrogen-bond donors (Lipinski definition) is 3. The van der Waals surface area contributed by atoms with Crippen LogP contribution in [0, 0.1) is 11.3 Å². The number of halogens is 1. The van der Waals surface area contributed by atoms with Crippen molar-refractivity contribution in [2.75, 3.05) is 24.1 Å². The van der Waals surface area contributed by atoms with Crippen LogP contribution in [0.2, 0.25) is 0 Å². The molecule has 0 aliphatic carbocycles. The second-order valence-electron chi connectivity index (χ2n) is 12.6. The number of ketones is 1. The monoisotopic (exact) mass is 621 g/mol. The van der Waals surface area contributed by atoms with Crippen LogP contribution in [0.3, 0.4) is 0 Å². The Bertz CT molecular complexity index is 1270. The topological polar surface area (TPSA) is 111 Å². The van der Waals surface area contributed by atoms with Gasteiger partial charge in [-0.15, -0.1) is 17.0 Å². The molecule has 216 valence electrons. The van der Waals surface area contributed by atoms with Gasteiger partial charge >= 0.3 is 0 Å². The number of sulfonamides is 1. The maximum Gasteiger partial charge on any atom is 0.229 e. The number of phenolic OH excluding ortho intramolecular Hbond substituents is 1. The van der Waals surface area contributed by atoms with E-state index in [1.165, 1.54) is 0 Å². The van der Waals surface area contributed by atoms with Crippen molar-refractivity contribution in [3.05, 3.63) is 58.7 Å². The Morgan fingerprint density at radius 2 is 1.56 bits per heavy atom. The zero-order valence-corrected chi connectivity index (χ0v) is 26.9. The molecule has 0 amide bonds. The molecule has 3 N–H and O–H groups in total. The number of phenols is 1. The summed E-state index contributed by atoms with van der Waals surface area (Å²) in [6, 6.07) is 10.8. The Morgan fingerprint density at radius 1 is 1.05 bits per heavy atom. The van der Waals surface area contributed by atoms with Crippen LogP contribution in [0.25, 0.3) is 0 Å². The largest absolute Gasteiger partial charge is 0.507 e. The van der Waals surface area contributed by atoms with Crippen LogP contribution < -0.4 is 4.72 Å². The molecule has 2 atom stereocenters. The lowest BCUT2D eigenvalue weighted by Gasteiger charge is -2.28. The van der Waals surface area contributed by atoms with E-state index in [-0.39, 0.29) is 57.7 Å². The molecule has 0 aromatic heterocycles. The van der Waals surface area contributed by atoms with Crippen molar-refractivity contribution >= 4 is 44.3 Å². The Hall–Kier alpha value is -2.39. The summed E-state index contributed by atoms with van der Waals surface area (Å²) < 4.78 is 25.6. The quantitative estimate of drug-likeness (QED) is 0.287. The molecule has 9 heteroatoms. The van der Waals surface area contributed by atoms with E-state index in [0.717, 1.165) is 35.8 Å². The minimum absolute atomic E-state index is 0. The SMILES string of the molecule is Br.CCC[C@H]1CN(CC(=O)c2cc(C(C)(C)C)c(O)c(C(C)(C)C)c2)C(=N)[C@@H]1c1ccc(NS(C)(=O)=O)cc1. The number of carbonyl (C=O) groups is 1. The standard InChI is InChI=1S/C30H43N3O4S.BrH/c1-9-10-20-17-33(28(31)26(20)19-11-13-22(14-12-19)32-38(8,36)37)18-25(34)21-15-23(29(2,3)4)27(35)24(16-21)30(5,6)7;/h11-16,20,26,31-32,35H,9-10,17-18H2,1-8H3;1H/t20-,26+;/m0./s1. The molecule has 1 fully saturated rings. The van der Waals surface area contributed by atoms with Gasteiger partial charge in [0.05, 0.1) is 12.8 Å². The number of nitrogens with one attached hydrogen (secondary N) is 2. The Kier molecular flexibility index (Phi) is 10.1. The summed E-state index contributed by atoms with van der Waals surface area (Å²) in [4.78, 5) is 15.5. The number of benzene rings is 2. The van der Waals surface area contributed by atoms with Crippen LogP contribution >= 0.6 is 17.0 Å². The molecule has 1 saturated heterocycles. The third kappa shape index (κ3) is 7.84. The van der Waals surface area contributed by atoms with E-state index in [1.807, 2.05) is 58.6 Å². The molecule has 39 heavy (non-hydrogen) atoms. The number of amidine groups is 1. The van der Waals surface area contributed by atoms with Gasteiger partial charge in [-0.1, -0.05) is 67.0 Å². The summed E-state index contributed by atoms with van der Waals surface area (Å²) in [6.45, 7) is 15.0. The second kappa shape index (κ2) is 12.0. The molecule has 2 aromatic carbocycles. The van der Waals surface area contributed by atoms with Crippen LogP contribution in [0.5, 0.6) is 5.75 Å². The number of rotatable bonds is 8. The van der Waals surface area contributed by atoms with Crippen LogP contribution in [-0.4, -0.2) is 49.4 Å². The molecule has 0 saturated carbocycles. The van der Waals surface area contributed by atoms with Gasteiger partial charge in [0.2, 0.25) is 10.0 Å². The van der Waals surface area contributed by atoms with Crippen LogP contribution in [0.15, 0.2) is 36.4 Å². The first kappa shape index (κ1) is 32.8. The van der Waals surface area contributed by atoms with Gasteiger partial charge in [-0.25, -0.2) is 8.42 Å². The van der Waals surface area contributed by atoms with E-state index in [0.29, 0.717) is 23.6 Å². The number of anilines is 1. The Labute approximate surface area is 244 Å². The fourth-order valence-corrected chi connectivity index (χ4v) is 5.86. The van der Waals surface area contributed by atoms with Crippen LogP contribution in [0.4, 0.5) is 5.69 Å². The van der Waals surface area contributed by atoms with Crippen LogP contribution in [-0.2, 0) is 20.9 Å². The summed E-state index contributed by atoms with van der Waals surface area (Å²) in [5, 5.41) is 20.0. The number of carbonyl (C=O) groups excluding carboxylic acids is 1. The van der Waals surface area contributed by atoms with E-state index >= 15 is 0 Å². The van der Waals surface area contributed by atoms with Crippen molar-refractivity contribution in [1.82, 2.24) is 4.90 Å². The first-order chi connectivity index (χ1) is 17.4. The van der Waals surface area contributed by atoms with E-state index < -0.39 is 10.0 Å².